The number of amides is 2. The fourth-order valence-corrected chi connectivity index (χ4v) is 5.12. The molecule has 5 rings (SSSR count). The lowest BCUT2D eigenvalue weighted by Crippen LogP contribution is -2.59. The summed E-state index contributed by atoms with van der Waals surface area (Å²) >= 11 is 0. The van der Waals surface area contributed by atoms with Gasteiger partial charge in [-0.3, -0.25) is 9.78 Å². The standard InChI is InChI=1S/C28H36N6O4/c1-17-15-33(16-22(24(17)35)32-27(37)38-28(2,3)4)23-10-12-29-14-21(23)31-26(36)20-9-8-18-11-13-34(25(18)30-20)19-6-5-7-19/h8-14,17,19,22,24,35H,5-7,15-16H2,1-4H3,(H,31,36)(H,32,37)/t17-,22+,24+/m0/s1. The second kappa shape index (κ2) is 10.2. The third-order valence-corrected chi connectivity index (χ3v) is 7.28. The van der Waals surface area contributed by atoms with Crippen LogP contribution in [-0.2, 0) is 4.74 Å². The average Bonchev–Trinajstić information content (AvgIpc) is 3.22. The topological polar surface area (TPSA) is 122 Å². The molecule has 0 aromatic carbocycles. The Labute approximate surface area is 222 Å². The molecule has 0 radical (unpaired) electrons. The number of ether oxygens (including phenoxy) is 1. The van der Waals surface area contributed by atoms with Gasteiger partial charge in [0.1, 0.15) is 16.9 Å². The Bertz CT molecular complexity index is 1330. The van der Waals surface area contributed by atoms with Crippen LogP contribution in [-0.4, -0.2) is 62.5 Å². The largest absolute Gasteiger partial charge is 0.444 e. The first-order valence-electron chi connectivity index (χ1n) is 13.2. The Hall–Kier alpha value is -3.66. The molecule has 3 aromatic heterocycles. The molecular weight excluding hydrogens is 484 g/mol. The molecule has 3 aromatic rings. The van der Waals surface area contributed by atoms with Crippen molar-refractivity contribution in [1.82, 2.24) is 19.9 Å². The maximum atomic E-state index is 13.3. The smallest absolute Gasteiger partial charge is 0.408 e. The molecule has 3 atom stereocenters. The van der Waals surface area contributed by atoms with E-state index in [2.05, 4.69) is 26.4 Å². The Morgan fingerprint density at radius 2 is 1.92 bits per heavy atom. The van der Waals surface area contributed by atoms with Gasteiger partial charge < -0.3 is 29.9 Å². The number of fused-ring (bicyclic) bond motifs is 1. The zero-order valence-electron chi connectivity index (χ0n) is 22.3. The van der Waals surface area contributed by atoms with Crippen molar-refractivity contribution in [3.63, 3.8) is 0 Å². The van der Waals surface area contributed by atoms with Crippen LogP contribution in [0.1, 0.15) is 63.5 Å². The van der Waals surface area contributed by atoms with Gasteiger partial charge in [0.25, 0.3) is 5.91 Å². The highest BCUT2D eigenvalue weighted by Crippen LogP contribution is 2.34. The summed E-state index contributed by atoms with van der Waals surface area (Å²) in [5.74, 6) is -0.459. The Morgan fingerprint density at radius 1 is 1.13 bits per heavy atom. The molecule has 1 saturated heterocycles. The number of aliphatic hydroxyl groups excluding tert-OH is 1. The zero-order valence-corrected chi connectivity index (χ0v) is 22.3. The number of nitrogens with one attached hydrogen (secondary N) is 2. The zero-order chi connectivity index (χ0) is 27.0. The van der Waals surface area contributed by atoms with Crippen LogP contribution in [0.3, 0.4) is 0 Å². The third-order valence-electron chi connectivity index (χ3n) is 7.28. The maximum absolute atomic E-state index is 13.3. The van der Waals surface area contributed by atoms with E-state index in [9.17, 15) is 14.7 Å². The summed E-state index contributed by atoms with van der Waals surface area (Å²) in [4.78, 5) is 36.7. The number of piperidine rings is 1. The highest BCUT2D eigenvalue weighted by molar-refractivity contribution is 6.05. The van der Waals surface area contributed by atoms with E-state index >= 15 is 0 Å². The number of pyridine rings is 2. The molecule has 1 aliphatic heterocycles. The molecule has 2 fully saturated rings. The number of alkyl carbamates (subject to hydrolysis) is 1. The monoisotopic (exact) mass is 520 g/mol. The van der Waals surface area contributed by atoms with Crippen LogP contribution in [0.4, 0.5) is 16.2 Å². The average molecular weight is 521 g/mol. The minimum Gasteiger partial charge on any atom is -0.444 e. The van der Waals surface area contributed by atoms with E-state index in [0.717, 1.165) is 29.6 Å². The maximum Gasteiger partial charge on any atom is 0.408 e. The molecular formula is C28H36N6O4. The second-order valence-corrected chi connectivity index (χ2v) is 11.4. The number of hydrogen-bond donors (Lipinski definition) is 3. The van der Waals surface area contributed by atoms with Gasteiger partial charge in [-0.05, 0) is 64.3 Å². The van der Waals surface area contributed by atoms with Gasteiger partial charge in [-0.15, -0.1) is 0 Å². The van der Waals surface area contributed by atoms with E-state index < -0.39 is 23.8 Å². The number of anilines is 2. The molecule has 4 heterocycles. The van der Waals surface area contributed by atoms with Crippen LogP contribution < -0.4 is 15.5 Å². The summed E-state index contributed by atoms with van der Waals surface area (Å²) in [6.07, 6.45) is 7.49. The van der Waals surface area contributed by atoms with Crippen molar-refractivity contribution < 1.29 is 19.4 Å². The lowest BCUT2D eigenvalue weighted by atomic mass is 9.92. The van der Waals surface area contributed by atoms with Crippen molar-refractivity contribution in [2.75, 3.05) is 23.3 Å². The fraction of sp³-hybridized carbons (Fsp3) is 0.500. The van der Waals surface area contributed by atoms with Crippen LogP contribution >= 0.6 is 0 Å². The fourth-order valence-electron chi connectivity index (χ4n) is 5.12. The predicted molar refractivity (Wildman–Crippen MR) is 145 cm³/mol. The van der Waals surface area contributed by atoms with Crippen molar-refractivity contribution in [1.29, 1.82) is 0 Å². The molecule has 10 nitrogen and oxygen atoms in total. The summed E-state index contributed by atoms with van der Waals surface area (Å²) in [5.41, 5.74) is 1.80. The summed E-state index contributed by atoms with van der Waals surface area (Å²) < 4.78 is 7.56. The van der Waals surface area contributed by atoms with E-state index in [-0.39, 0.29) is 11.8 Å². The first kappa shape index (κ1) is 26.0. The predicted octanol–water partition coefficient (Wildman–Crippen LogP) is 4.12. The molecule has 1 saturated carbocycles. The molecule has 0 bridgehead atoms. The van der Waals surface area contributed by atoms with Gasteiger partial charge in [-0.2, -0.15) is 0 Å². The van der Waals surface area contributed by atoms with Crippen LogP contribution in [0.2, 0.25) is 0 Å². The molecule has 0 unspecified atom stereocenters. The normalized spacial score (nSPS) is 22.1. The summed E-state index contributed by atoms with van der Waals surface area (Å²) in [6.45, 7) is 8.19. The number of rotatable bonds is 5. The van der Waals surface area contributed by atoms with Crippen molar-refractivity contribution in [3.05, 3.63) is 48.5 Å². The van der Waals surface area contributed by atoms with Crippen molar-refractivity contribution in [3.8, 4) is 0 Å². The molecule has 3 N–H and O–H groups in total. The summed E-state index contributed by atoms with van der Waals surface area (Å²) in [6, 6.07) is 7.42. The first-order valence-corrected chi connectivity index (χ1v) is 13.2. The number of aliphatic hydroxyl groups is 1. The van der Waals surface area contributed by atoms with Crippen molar-refractivity contribution in [2.45, 2.75) is 70.7 Å². The van der Waals surface area contributed by atoms with Crippen LogP contribution in [0.5, 0.6) is 0 Å². The number of carbonyl (C=O) groups excluding carboxylic acids is 2. The SMILES string of the molecule is C[C@H]1CN(c2ccncc2NC(=O)c2ccc3ccn(C4CCC4)c3n2)C[C@@H](NC(=O)OC(C)(C)C)[C@@H]1O. The quantitative estimate of drug-likeness (QED) is 0.463. The van der Waals surface area contributed by atoms with Gasteiger partial charge in [0, 0.05) is 42.8 Å². The van der Waals surface area contributed by atoms with Crippen LogP contribution in [0.15, 0.2) is 42.9 Å². The number of carbonyl (C=O) groups is 2. The van der Waals surface area contributed by atoms with Gasteiger partial charge >= 0.3 is 6.09 Å². The minimum atomic E-state index is -0.735. The van der Waals surface area contributed by atoms with Gasteiger partial charge in [0.15, 0.2) is 0 Å². The van der Waals surface area contributed by atoms with Gasteiger partial charge in [0.2, 0.25) is 0 Å². The molecule has 38 heavy (non-hydrogen) atoms. The number of aromatic nitrogens is 3. The molecule has 2 amide bonds. The van der Waals surface area contributed by atoms with Crippen LogP contribution in [0, 0.1) is 5.92 Å². The van der Waals surface area contributed by atoms with E-state index in [1.54, 1.807) is 39.2 Å². The summed E-state index contributed by atoms with van der Waals surface area (Å²) in [7, 11) is 0. The Kier molecular flexibility index (Phi) is 7.00. The number of nitrogens with zero attached hydrogens (tertiary/aromatic N) is 4. The number of hydrogen-bond acceptors (Lipinski definition) is 7. The highest BCUT2D eigenvalue weighted by atomic mass is 16.6. The Balaban J connectivity index is 1.34. The minimum absolute atomic E-state index is 0.135. The van der Waals surface area contributed by atoms with Gasteiger partial charge in [-0.1, -0.05) is 6.92 Å². The van der Waals surface area contributed by atoms with E-state index in [0.29, 0.717) is 30.5 Å². The first-order chi connectivity index (χ1) is 18.1. The lowest BCUT2D eigenvalue weighted by Gasteiger charge is -2.42. The van der Waals surface area contributed by atoms with Gasteiger partial charge in [-0.25, -0.2) is 9.78 Å². The second-order valence-electron chi connectivity index (χ2n) is 11.4. The molecule has 1 aliphatic carbocycles. The lowest BCUT2D eigenvalue weighted by molar-refractivity contribution is 0.0303. The van der Waals surface area contributed by atoms with E-state index in [4.69, 9.17) is 9.72 Å². The third kappa shape index (κ3) is 5.45. The van der Waals surface area contributed by atoms with Crippen molar-refractivity contribution in [2.24, 2.45) is 5.92 Å². The Morgan fingerprint density at radius 3 is 2.63 bits per heavy atom. The molecule has 10 heteroatoms. The highest BCUT2D eigenvalue weighted by Gasteiger charge is 2.36. The van der Waals surface area contributed by atoms with Crippen molar-refractivity contribution >= 4 is 34.4 Å². The summed E-state index contributed by atoms with van der Waals surface area (Å²) in [5, 5.41) is 17.6. The molecule has 2 aliphatic rings. The molecule has 0 spiro atoms. The van der Waals surface area contributed by atoms with E-state index in [1.165, 1.54) is 6.42 Å². The van der Waals surface area contributed by atoms with E-state index in [1.807, 2.05) is 30.0 Å². The van der Waals surface area contributed by atoms with Crippen LogP contribution in [0.25, 0.3) is 11.0 Å². The van der Waals surface area contributed by atoms with Gasteiger partial charge in [0.05, 0.1) is 29.7 Å². The molecule has 202 valence electrons.